The van der Waals surface area contributed by atoms with Crippen molar-refractivity contribution < 1.29 is 9.53 Å². The van der Waals surface area contributed by atoms with Gasteiger partial charge < -0.3 is 10.5 Å². The van der Waals surface area contributed by atoms with Crippen molar-refractivity contribution in [1.82, 2.24) is 4.98 Å². The molecule has 74 valence electrons. The Bertz CT molecular complexity index is 399. The second-order valence-electron chi connectivity index (χ2n) is 4.06. The molecule has 1 aromatic heterocycles. The van der Waals surface area contributed by atoms with E-state index < -0.39 is 5.60 Å². The molecule has 0 saturated heterocycles. The molecule has 0 radical (unpaired) electrons. The molecule has 4 heteroatoms. The van der Waals surface area contributed by atoms with Gasteiger partial charge in [0.05, 0.1) is 11.3 Å². The third-order valence-electron chi connectivity index (χ3n) is 2.18. The minimum atomic E-state index is -0.481. The number of anilines is 1. The van der Waals surface area contributed by atoms with E-state index in [0.717, 1.165) is 5.69 Å². The van der Waals surface area contributed by atoms with Crippen LogP contribution in [-0.4, -0.2) is 16.6 Å². The van der Waals surface area contributed by atoms with Crippen LogP contribution >= 0.6 is 0 Å². The van der Waals surface area contributed by atoms with Crippen LogP contribution in [0.25, 0.3) is 0 Å². The van der Waals surface area contributed by atoms with Crippen LogP contribution in [0.2, 0.25) is 0 Å². The van der Waals surface area contributed by atoms with Gasteiger partial charge in [0.2, 0.25) is 0 Å². The number of rotatable bonds is 0. The number of carbonyl (C=O) groups is 1. The van der Waals surface area contributed by atoms with Gasteiger partial charge in [-0.25, -0.2) is 9.78 Å². The molecule has 0 spiro atoms. The van der Waals surface area contributed by atoms with Crippen LogP contribution < -0.4 is 5.73 Å². The number of hydrogen-bond donors (Lipinski definition) is 1. The van der Waals surface area contributed by atoms with E-state index in [1.54, 1.807) is 12.1 Å². The maximum absolute atomic E-state index is 11.5. The summed E-state index contributed by atoms with van der Waals surface area (Å²) in [5.41, 5.74) is 6.33. The lowest BCUT2D eigenvalue weighted by Crippen LogP contribution is -2.36. The van der Waals surface area contributed by atoms with Crippen molar-refractivity contribution in [2.75, 3.05) is 5.73 Å². The molecule has 2 rings (SSSR count). The summed E-state index contributed by atoms with van der Waals surface area (Å²) in [4.78, 5) is 15.6. The largest absolute Gasteiger partial charge is 0.456 e. The quantitative estimate of drug-likeness (QED) is 0.626. The average molecular weight is 192 g/mol. The summed E-state index contributed by atoms with van der Waals surface area (Å²) in [5.74, 6) is 0.123. The van der Waals surface area contributed by atoms with E-state index in [1.807, 2.05) is 13.8 Å². The van der Waals surface area contributed by atoms with Crippen LogP contribution in [0.5, 0.6) is 0 Å². The van der Waals surface area contributed by atoms with Crippen molar-refractivity contribution in [3.8, 4) is 0 Å². The summed E-state index contributed by atoms with van der Waals surface area (Å²) in [6.07, 6.45) is 0.610. The normalized spacial score (nSPS) is 18.6. The minimum Gasteiger partial charge on any atom is -0.456 e. The lowest BCUT2D eigenvalue weighted by Gasteiger charge is -2.30. The molecule has 0 unspecified atom stereocenters. The summed E-state index contributed by atoms with van der Waals surface area (Å²) in [6, 6.07) is 3.27. The Morgan fingerprint density at radius 1 is 1.50 bits per heavy atom. The first-order valence-corrected chi connectivity index (χ1v) is 4.47. The number of aromatic nitrogens is 1. The van der Waals surface area contributed by atoms with Crippen LogP contribution in [0.3, 0.4) is 0 Å². The molecule has 0 amide bonds. The highest BCUT2D eigenvalue weighted by atomic mass is 16.6. The molecule has 4 nitrogen and oxygen atoms in total. The number of pyridine rings is 1. The SMILES string of the molecule is CC1(C)Cc2nc(N)ccc2C(=O)O1. The molecule has 0 aliphatic carbocycles. The minimum absolute atomic E-state index is 0.316. The number of nitrogen functional groups attached to an aromatic ring is 1. The highest BCUT2D eigenvalue weighted by molar-refractivity contribution is 5.92. The van der Waals surface area contributed by atoms with Crippen LogP contribution in [-0.2, 0) is 11.2 Å². The van der Waals surface area contributed by atoms with Crippen molar-refractivity contribution in [2.24, 2.45) is 0 Å². The van der Waals surface area contributed by atoms with Crippen LogP contribution in [0.4, 0.5) is 5.82 Å². The fourth-order valence-electron chi connectivity index (χ4n) is 1.58. The number of carbonyl (C=O) groups excluding carboxylic acids is 1. The molecule has 1 aliphatic rings. The monoisotopic (exact) mass is 192 g/mol. The Morgan fingerprint density at radius 3 is 2.93 bits per heavy atom. The smallest absolute Gasteiger partial charge is 0.340 e. The van der Waals surface area contributed by atoms with Gasteiger partial charge >= 0.3 is 5.97 Å². The zero-order chi connectivity index (χ0) is 10.3. The fraction of sp³-hybridized carbons (Fsp3) is 0.400. The van der Waals surface area contributed by atoms with Gasteiger partial charge in [0.25, 0.3) is 0 Å². The van der Waals surface area contributed by atoms with Gasteiger partial charge in [-0.05, 0) is 26.0 Å². The zero-order valence-electron chi connectivity index (χ0n) is 8.20. The summed E-state index contributed by atoms with van der Waals surface area (Å²) in [7, 11) is 0. The highest BCUT2D eigenvalue weighted by Crippen LogP contribution is 2.26. The predicted octanol–water partition coefficient (Wildman–Crippen LogP) is 1.16. The third-order valence-corrected chi connectivity index (χ3v) is 2.18. The summed E-state index contributed by atoms with van der Waals surface area (Å²) in [6.45, 7) is 3.72. The van der Waals surface area contributed by atoms with Gasteiger partial charge in [0.15, 0.2) is 0 Å². The Balaban J connectivity index is 2.51. The molecular weight excluding hydrogens is 180 g/mol. The summed E-state index contributed by atoms with van der Waals surface area (Å²) in [5, 5.41) is 0. The topological polar surface area (TPSA) is 65.2 Å². The first-order valence-electron chi connectivity index (χ1n) is 4.47. The summed E-state index contributed by atoms with van der Waals surface area (Å²) < 4.78 is 5.22. The maximum Gasteiger partial charge on any atom is 0.340 e. The third kappa shape index (κ3) is 1.43. The van der Waals surface area contributed by atoms with E-state index in [9.17, 15) is 4.79 Å². The number of fused-ring (bicyclic) bond motifs is 1. The van der Waals surface area contributed by atoms with Crippen molar-refractivity contribution in [3.63, 3.8) is 0 Å². The van der Waals surface area contributed by atoms with Gasteiger partial charge in [0, 0.05) is 6.42 Å². The zero-order valence-corrected chi connectivity index (χ0v) is 8.20. The Labute approximate surface area is 82.1 Å². The van der Waals surface area contributed by atoms with Crippen LogP contribution in [0, 0.1) is 0 Å². The number of nitrogens with zero attached hydrogens (tertiary/aromatic N) is 1. The standard InChI is InChI=1S/C10H12N2O2/c1-10(2)5-7-6(9(13)14-10)3-4-8(11)12-7/h3-4H,5H2,1-2H3,(H2,11,12). The van der Waals surface area contributed by atoms with Crippen molar-refractivity contribution in [2.45, 2.75) is 25.9 Å². The molecular formula is C10H12N2O2. The van der Waals surface area contributed by atoms with E-state index in [1.165, 1.54) is 0 Å². The fourth-order valence-corrected chi connectivity index (χ4v) is 1.58. The molecule has 0 aromatic carbocycles. The van der Waals surface area contributed by atoms with E-state index in [2.05, 4.69) is 4.98 Å². The van der Waals surface area contributed by atoms with Crippen molar-refractivity contribution in [3.05, 3.63) is 23.4 Å². The lowest BCUT2D eigenvalue weighted by atomic mass is 9.95. The Hall–Kier alpha value is -1.58. The van der Waals surface area contributed by atoms with E-state index >= 15 is 0 Å². The first kappa shape index (κ1) is 8.99. The predicted molar refractivity (Wildman–Crippen MR) is 51.8 cm³/mol. The van der Waals surface area contributed by atoms with Gasteiger partial charge in [-0.1, -0.05) is 0 Å². The number of ether oxygens (including phenoxy) is 1. The number of cyclic esters (lactones) is 1. The van der Waals surface area contributed by atoms with Crippen molar-refractivity contribution in [1.29, 1.82) is 0 Å². The van der Waals surface area contributed by atoms with Crippen molar-refractivity contribution >= 4 is 11.8 Å². The highest BCUT2D eigenvalue weighted by Gasteiger charge is 2.33. The van der Waals surface area contributed by atoms with E-state index in [0.29, 0.717) is 17.8 Å². The first-order chi connectivity index (χ1) is 6.48. The molecule has 1 aromatic rings. The molecule has 1 aliphatic heterocycles. The molecule has 0 fully saturated rings. The second-order valence-corrected chi connectivity index (χ2v) is 4.06. The van der Waals surface area contributed by atoms with Gasteiger partial charge in [-0.15, -0.1) is 0 Å². The molecule has 0 saturated carbocycles. The van der Waals surface area contributed by atoms with Gasteiger partial charge in [-0.2, -0.15) is 0 Å². The van der Waals surface area contributed by atoms with Crippen LogP contribution in [0.15, 0.2) is 12.1 Å². The molecule has 14 heavy (non-hydrogen) atoms. The number of nitrogens with two attached hydrogens (primary N) is 1. The van der Waals surface area contributed by atoms with Gasteiger partial charge in [-0.3, -0.25) is 0 Å². The summed E-state index contributed by atoms with van der Waals surface area (Å²) >= 11 is 0. The average Bonchev–Trinajstić information content (AvgIpc) is 2.00. The number of hydrogen-bond acceptors (Lipinski definition) is 4. The number of esters is 1. The molecule has 2 heterocycles. The maximum atomic E-state index is 11.5. The Kier molecular flexibility index (Phi) is 1.74. The molecule has 0 bridgehead atoms. The second kappa shape index (κ2) is 2.70. The molecule has 2 N–H and O–H groups in total. The van der Waals surface area contributed by atoms with Gasteiger partial charge in [0.1, 0.15) is 11.4 Å². The van der Waals surface area contributed by atoms with E-state index in [4.69, 9.17) is 10.5 Å². The van der Waals surface area contributed by atoms with E-state index in [-0.39, 0.29) is 5.97 Å². The molecule has 0 atom stereocenters. The lowest BCUT2D eigenvalue weighted by molar-refractivity contribution is -0.00713. The van der Waals surface area contributed by atoms with Crippen LogP contribution in [0.1, 0.15) is 29.9 Å². The Morgan fingerprint density at radius 2 is 2.21 bits per heavy atom.